The second-order valence-electron chi connectivity index (χ2n) is 7.32. The molecular formula is C26H42N6O3. The van der Waals surface area contributed by atoms with E-state index in [0.29, 0.717) is 18.7 Å². The van der Waals surface area contributed by atoms with Gasteiger partial charge in [-0.3, -0.25) is 9.59 Å². The van der Waals surface area contributed by atoms with Gasteiger partial charge in [-0.1, -0.05) is 63.2 Å². The highest BCUT2D eigenvalue weighted by Gasteiger charge is 2.17. The van der Waals surface area contributed by atoms with E-state index in [9.17, 15) is 14.4 Å². The summed E-state index contributed by atoms with van der Waals surface area (Å²) in [5.74, 6) is -0.454. The molecule has 0 saturated heterocycles. The quantitative estimate of drug-likeness (QED) is 0.290. The summed E-state index contributed by atoms with van der Waals surface area (Å²) in [7, 11) is 3.62. The number of primary amides is 1. The number of amides is 4. The number of anilines is 1. The van der Waals surface area contributed by atoms with E-state index in [1.165, 1.54) is 0 Å². The molecule has 4 amide bonds. The Morgan fingerprint density at radius 3 is 2.00 bits per heavy atom. The second kappa shape index (κ2) is 20.0. The van der Waals surface area contributed by atoms with Crippen LogP contribution in [0.3, 0.4) is 0 Å². The summed E-state index contributed by atoms with van der Waals surface area (Å²) in [5, 5.41) is 14.0. The van der Waals surface area contributed by atoms with Crippen LogP contribution in [0.4, 0.5) is 10.5 Å². The van der Waals surface area contributed by atoms with Crippen LogP contribution < -0.4 is 32.3 Å². The van der Waals surface area contributed by atoms with E-state index < -0.39 is 6.03 Å². The summed E-state index contributed by atoms with van der Waals surface area (Å²) in [5.41, 5.74) is 7.63. The van der Waals surface area contributed by atoms with E-state index in [1.54, 1.807) is 7.05 Å². The number of hydrogen-bond donors (Lipinski definition) is 6. The number of carbonyl (C=O) groups excluding carboxylic acids is 3. The van der Waals surface area contributed by atoms with Gasteiger partial charge in [-0.15, -0.1) is 0 Å². The molecule has 1 unspecified atom stereocenters. The molecule has 35 heavy (non-hydrogen) atoms. The molecule has 0 bridgehead atoms. The number of nitrogens with two attached hydrogens (primary N) is 1. The average Bonchev–Trinajstić information content (AvgIpc) is 2.88. The lowest BCUT2D eigenvalue weighted by Crippen LogP contribution is -2.46. The Labute approximate surface area is 209 Å². The van der Waals surface area contributed by atoms with Gasteiger partial charge in [-0.05, 0) is 50.2 Å². The first-order valence-electron chi connectivity index (χ1n) is 11.9. The molecule has 9 nitrogen and oxygen atoms in total. The van der Waals surface area contributed by atoms with Gasteiger partial charge in [-0.25, -0.2) is 4.79 Å². The lowest BCUT2D eigenvalue weighted by atomic mass is 10.1. The predicted molar refractivity (Wildman–Crippen MR) is 143 cm³/mol. The van der Waals surface area contributed by atoms with Crippen LogP contribution in [0.25, 0.3) is 0 Å². The topological polar surface area (TPSA) is 137 Å². The summed E-state index contributed by atoms with van der Waals surface area (Å²) in [6.07, 6.45) is 1.50. The van der Waals surface area contributed by atoms with Gasteiger partial charge in [0.1, 0.15) is 0 Å². The number of hydrogen-bond acceptors (Lipinski definition) is 5. The van der Waals surface area contributed by atoms with Gasteiger partial charge in [0.05, 0.1) is 12.6 Å². The largest absolute Gasteiger partial charge is 0.352 e. The van der Waals surface area contributed by atoms with Crippen molar-refractivity contribution in [2.75, 3.05) is 32.5 Å². The molecule has 2 aromatic carbocycles. The fourth-order valence-electron chi connectivity index (χ4n) is 2.83. The van der Waals surface area contributed by atoms with Gasteiger partial charge >= 0.3 is 6.03 Å². The lowest BCUT2D eigenvalue weighted by molar-refractivity contribution is -0.125. The fraction of sp³-hybridized carbons (Fsp3) is 0.423. The molecule has 0 heterocycles. The van der Waals surface area contributed by atoms with Gasteiger partial charge in [0.25, 0.3) is 0 Å². The molecule has 2 rings (SSSR count). The Bertz CT molecular complexity index is 844. The van der Waals surface area contributed by atoms with Gasteiger partial charge < -0.3 is 32.3 Å². The van der Waals surface area contributed by atoms with Crippen molar-refractivity contribution in [2.45, 2.75) is 46.2 Å². The molecule has 0 aromatic heterocycles. The highest BCUT2D eigenvalue weighted by molar-refractivity contribution is 5.95. The van der Waals surface area contributed by atoms with Gasteiger partial charge in [-0.2, -0.15) is 0 Å². The van der Waals surface area contributed by atoms with E-state index >= 15 is 0 Å². The number of carbonyl (C=O) groups is 3. The number of benzene rings is 2. The third-order valence-corrected chi connectivity index (χ3v) is 4.54. The first-order chi connectivity index (χ1) is 16.9. The Kier molecular flexibility index (Phi) is 18.0. The molecule has 2 aromatic rings. The summed E-state index contributed by atoms with van der Waals surface area (Å²) >= 11 is 0. The maximum Gasteiger partial charge on any atom is 0.312 e. The van der Waals surface area contributed by atoms with E-state index in [-0.39, 0.29) is 24.4 Å². The maximum absolute atomic E-state index is 12.3. The van der Waals surface area contributed by atoms with Crippen molar-refractivity contribution in [1.29, 1.82) is 0 Å². The second-order valence-corrected chi connectivity index (χ2v) is 7.32. The Balaban J connectivity index is 0.00000110. The highest BCUT2D eigenvalue weighted by Crippen LogP contribution is 2.09. The number of urea groups is 1. The molecule has 0 saturated carbocycles. The number of nitrogens with one attached hydrogen (secondary N) is 5. The smallest absolute Gasteiger partial charge is 0.312 e. The Morgan fingerprint density at radius 1 is 0.886 bits per heavy atom. The standard InChI is InChI=1S/C20H26N4O2.C4H10N2O.C2H6/c1-21-13-16-8-10-17(11-9-16)24-19(25)14-23-20(26)18(22-2)12-15-6-4-3-5-7-15;1-2-3-6-4(5)7;1-2/h3-11,18,21-22H,12-14H2,1-2H3,(H,23,26)(H,24,25);2-3H2,1H3,(H3,5,6,7);1-2H3. The molecule has 0 spiro atoms. The lowest BCUT2D eigenvalue weighted by Gasteiger charge is -2.16. The molecule has 0 aliphatic heterocycles. The SMILES string of the molecule is CC.CCCNC(N)=O.CNCc1ccc(NC(=O)CNC(=O)C(Cc2ccccc2)NC)cc1. The molecular weight excluding hydrogens is 444 g/mol. The summed E-state index contributed by atoms with van der Waals surface area (Å²) < 4.78 is 0. The zero-order valence-corrected chi connectivity index (χ0v) is 21.6. The van der Waals surface area contributed by atoms with Crippen molar-refractivity contribution >= 4 is 23.5 Å². The van der Waals surface area contributed by atoms with Crippen molar-refractivity contribution in [3.8, 4) is 0 Å². The molecule has 0 radical (unpaired) electrons. The zero-order valence-electron chi connectivity index (χ0n) is 21.6. The Hall–Kier alpha value is -3.43. The molecule has 7 N–H and O–H groups in total. The molecule has 0 aliphatic rings. The first-order valence-corrected chi connectivity index (χ1v) is 11.9. The molecule has 0 aliphatic carbocycles. The van der Waals surface area contributed by atoms with E-state index in [4.69, 9.17) is 5.73 Å². The van der Waals surface area contributed by atoms with E-state index in [1.807, 2.05) is 82.4 Å². The minimum Gasteiger partial charge on any atom is -0.352 e. The van der Waals surface area contributed by atoms with Crippen LogP contribution in [0.2, 0.25) is 0 Å². The molecule has 0 fully saturated rings. The molecule has 9 heteroatoms. The summed E-state index contributed by atoms with van der Waals surface area (Å²) in [6, 6.07) is 16.5. The van der Waals surface area contributed by atoms with Crippen LogP contribution in [0.1, 0.15) is 38.3 Å². The minimum absolute atomic E-state index is 0.0654. The van der Waals surface area contributed by atoms with E-state index in [0.717, 1.165) is 24.1 Å². The van der Waals surface area contributed by atoms with Gasteiger partial charge in [0.2, 0.25) is 11.8 Å². The third kappa shape index (κ3) is 15.2. The van der Waals surface area contributed by atoms with Gasteiger partial charge in [0, 0.05) is 18.8 Å². The average molecular weight is 487 g/mol. The van der Waals surface area contributed by atoms with Crippen molar-refractivity contribution in [3.63, 3.8) is 0 Å². The van der Waals surface area contributed by atoms with Crippen molar-refractivity contribution < 1.29 is 14.4 Å². The monoisotopic (exact) mass is 486 g/mol. The van der Waals surface area contributed by atoms with Crippen LogP contribution in [-0.2, 0) is 22.6 Å². The van der Waals surface area contributed by atoms with Gasteiger partial charge in [0.15, 0.2) is 0 Å². The van der Waals surface area contributed by atoms with Crippen molar-refractivity contribution in [2.24, 2.45) is 5.73 Å². The maximum atomic E-state index is 12.3. The predicted octanol–water partition coefficient (Wildman–Crippen LogP) is 2.38. The zero-order chi connectivity index (χ0) is 26.5. The Morgan fingerprint density at radius 2 is 1.51 bits per heavy atom. The van der Waals surface area contributed by atoms with Crippen LogP contribution in [0.5, 0.6) is 0 Å². The fourth-order valence-corrected chi connectivity index (χ4v) is 2.83. The normalized spacial score (nSPS) is 10.4. The highest BCUT2D eigenvalue weighted by atomic mass is 16.2. The summed E-state index contributed by atoms with van der Waals surface area (Å²) in [4.78, 5) is 34.2. The van der Waals surface area contributed by atoms with Crippen LogP contribution >= 0.6 is 0 Å². The summed E-state index contributed by atoms with van der Waals surface area (Å²) in [6.45, 7) is 7.35. The van der Waals surface area contributed by atoms with E-state index in [2.05, 4.69) is 26.6 Å². The van der Waals surface area contributed by atoms with Crippen LogP contribution in [0.15, 0.2) is 54.6 Å². The van der Waals surface area contributed by atoms with Crippen LogP contribution in [-0.4, -0.2) is 51.1 Å². The minimum atomic E-state index is -0.443. The van der Waals surface area contributed by atoms with Crippen LogP contribution in [0, 0.1) is 0 Å². The molecule has 194 valence electrons. The first kappa shape index (κ1) is 31.6. The van der Waals surface area contributed by atoms with Crippen molar-refractivity contribution in [3.05, 3.63) is 65.7 Å². The third-order valence-electron chi connectivity index (χ3n) is 4.54. The molecule has 1 atom stereocenters. The number of rotatable bonds is 11. The van der Waals surface area contributed by atoms with Crippen molar-refractivity contribution in [1.82, 2.24) is 21.3 Å². The number of likely N-dealkylation sites (N-methyl/N-ethyl adjacent to an activating group) is 1.